The van der Waals surface area contributed by atoms with Crippen LogP contribution in [-0.4, -0.2) is 32.7 Å². The normalized spacial score (nSPS) is 19.1. The maximum absolute atomic E-state index is 12.9. The summed E-state index contributed by atoms with van der Waals surface area (Å²) in [6, 6.07) is 15.4. The van der Waals surface area contributed by atoms with Crippen LogP contribution in [0.5, 0.6) is 0 Å². The quantitative estimate of drug-likeness (QED) is 0.549. The molecule has 2 unspecified atom stereocenters. The van der Waals surface area contributed by atoms with Crippen LogP contribution in [0.1, 0.15) is 46.4 Å². The molecule has 1 aliphatic carbocycles. The maximum atomic E-state index is 12.9. The number of nitrogens with one attached hydrogen (secondary N) is 2. The molecule has 0 radical (unpaired) electrons. The third-order valence-corrected chi connectivity index (χ3v) is 5.93. The highest BCUT2D eigenvalue weighted by Crippen LogP contribution is 2.21. The van der Waals surface area contributed by atoms with Crippen LogP contribution in [0, 0.1) is 0 Å². The Balaban J connectivity index is 1.30. The molecule has 0 bridgehead atoms. The van der Waals surface area contributed by atoms with Gasteiger partial charge in [0.05, 0.1) is 11.1 Å². The molecule has 152 valence electrons. The van der Waals surface area contributed by atoms with E-state index in [-0.39, 0.29) is 23.9 Å². The molecule has 2 amide bonds. The summed E-state index contributed by atoms with van der Waals surface area (Å²) in [5, 5.41) is 6.31. The lowest BCUT2D eigenvalue weighted by Crippen LogP contribution is -2.53. The predicted molar refractivity (Wildman–Crippen MR) is 116 cm³/mol. The van der Waals surface area contributed by atoms with Gasteiger partial charge in [0.25, 0.3) is 11.8 Å². The van der Waals surface area contributed by atoms with Gasteiger partial charge in [0.2, 0.25) is 0 Å². The highest BCUT2D eigenvalue weighted by Gasteiger charge is 2.29. The summed E-state index contributed by atoms with van der Waals surface area (Å²) < 4.78 is 3.87. The second kappa shape index (κ2) is 7.71. The molecule has 4 heterocycles. The lowest BCUT2D eigenvalue weighted by molar-refractivity contribution is 0.0863. The standard InChI is InChI=1S/C24H24N4O2/c29-23(17-13-19-7-3-5-11-27(19)15-17)25-21-9-1-2-10-22(21)26-24(30)18-14-20-8-4-6-12-28(20)16-18/h3-8,11-16,21-22H,1-2,9-10H2,(H,25,29)(H,26,30). The van der Waals surface area contributed by atoms with Crippen molar-refractivity contribution < 1.29 is 9.59 Å². The lowest BCUT2D eigenvalue weighted by Gasteiger charge is -2.32. The fourth-order valence-corrected chi connectivity index (χ4v) is 4.34. The monoisotopic (exact) mass is 400 g/mol. The first-order chi connectivity index (χ1) is 14.7. The van der Waals surface area contributed by atoms with Gasteiger partial charge < -0.3 is 19.4 Å². The minimum Gasteiger partial charge on any atom is -0.347 e. The molecule has 2 N–H and O–H groups in total. The van der Waals surface area contributed by atoms with E-state index in [2.05, 4.69) is 10.6 Å². The fraction of sp³-hybridized carbons (Fsp3) is 0.250. The number of rotatable bonds is 4. The van der Waals surface area contributed by atoms with Gasteiger partial charge in [-0.25, -0.2) is 0 Å². The molecule has 1 saturated carbocycles. The Hall–Kier alpha value is -3.54. The summed E-state index contributed by atoms with van der Waals surface area (Å²) in [5.74, 6) is -0.195. The van der Waals surface area contributed by atoms with Crippen molar-refractivity contribution in [1.82, 2.24) is 19.4 Å². The van der Waals surface area contributed by atoms with Gasteiger partial charge in [-0.3, -0.25) is 9.59 Å². The summed E-state index contributed by atoms with van der Waals surface area (Å²) in [7, 11) is 0. The number of aromatic nitrogens is 2. The van der Waals surface area contributed by atoms with Gasteiger partial charge in [-0.1, -0.05) is 25.0 Å². The maximum Gasteiger partial charge on any atom is 0.253 e. The first-order valence-electron chi connectivity index (χ1n) is 10.4. The lowest BCUT2D eigenvalue weighted by atomic mass is 9.90. The van der Waals surface area contributed by atoms with Crippen molar-refractivity contribution in [2.45, 2.75) is 37.8 Å². The van der Waals surface area contributed by atoms with E-state index in [0.717, 1.165) is 36.7 Å². The van der Waals surface area contributed by atoms with Crippen LogP contribution in [0.3, 0.4) is 0 Å². The molecule has 4 aromatic rings. The van der Waals surface area contributed by atoms with Crippen LogP contribution >= 0.6 is 0 Å². The third kappa shape index (κ3) is 3.56. The first kappa shape index (κ1) is 18.5. The summed E-state index contributed by atoms with van der Waals surface area (Å²) in [4.78, 5) is 25.7. The highest BCUT2D eigenvalue weighted by molar-refractivity contribution is 5.97. The van der Waals surface area contributed by atoms with Crippen LogP contribution < -0.4 is 10.6 Å². The van der Waals surface area contributed by atoms with Crippen molar-refractivity contribution in [3.63, 3.8) is 0 Å². The van der Waals surface area contributed by atoms with Crippen LogP contribution in [-0.2, 0) is 0 Å². The largest absolute Gasteiger partial charge is 0.347 e. The Morgan fingerprint density at radius 1 is 0.733 bits per heavy atom. The topological polar surface area (TPSA) is 67.0 Å². The predicted octanol–water partition coefficient (Wildman–Crippen LogP) is 3.66. The van der Waals surface area contributed by atoms with Crippen molar-refractivity contribution in [1.29, 1.82) is 0 Å². The zero-order valence-electron chi connectivity index (χ0n) is 16.6. The molecule has 0 aliphatic heterocycles. The minimum atomic E-state index is -0.0977. The average molecular weight is 400 g/mol. The summed E-state index contributed by atoms with van der Waals surface area (Å²) in [6.45, 7) is 0. The van der Waals surface area contributed by atoms with E-state index in [0.29, 0.717) is 11.1 Å². The molecular formula is C24H24N4O2. The summed E-state index contributed by atoms with van der Waals surface area (Å²) >= 11 is 0. The highest BCUT2D eigenvalue weighted by atomic mass is 16.2. The molecule has 6 nitrogen and oxygen atoms in total. The Morgan fingerprint density at radius 3 is 1.63 bits per heavy atom. The Morgan fingerprint density at radius 2 is 1.20 bits per heavy atom. The summed E-state index contributed by atoms with van der Waals surface area (Å²) in [5.41, 5.74) is 3.24. The number of nitrogens with zero attached hydrogens (tertiary/aromatic N) is 2. The van der Waals surface area contributed by atoms with E-state index < -0.39 is 0 Å². The molecule has 5 rings (SSSR count). The Kier molecular flexibility index (Phi) is 4.75. The third-order valence-electron chi connectivity index (χ3n) is 5.93. The number of amides is 2. The number of carbonyl (C=O) groups excluding carboxylic acids is 2. The molecule has 6 heteroatoms. The van der Waals surface area contributed by atoms with Crippen molar-refractivity contribution in [2.24, 2.45) is 0 Å². The van der Waals surface area contributed by atoms with Gasteiger partial charge in [-0.15, -0.1) is 0 Å². The van der Waals surface area contributed by atoms with E-state index >= 15 is 0 Å². The molecule has 0 saturated heterocycles. The zero-order chi connectivity index (χ0) is 20.5. The number of pyridine rings is 2. The van der Waals surface area contributed by atoms with E-state index in [1.807, 2.05) is 82.1 Å². The SMILES string of the molecule is O=C(NC1CCCCC1NC(=O)c1cc2ccccn2c1)c1cc2ccccn2c1. The number of hydrogen-bond acceptors (Lipinski definition) is 2. The van der Waals surface area contributed by atoms with Crippen LogP contribution in [0.2, 0.25) is 0 Å². The number of carbonyl (C=O) groups is 2. The summed E-state index contributed by atoms with van der Waals surface area (Å²) in [6.07, 6.45) is 11.4. The number of hydrogen-bond donors (Lipinski definition) is 2. The van der Waals surface area contributed by atoms with Gasteiger partial charge in [0, 0.05) is 47.9 Å². The van der Waals surface area contributed by atoms with Crippen molar-refractivity contribution in [3.8, 4) is 0 Å². The van der Waals surface area contributed by atoms with Crippen LogP contribution in [0.15, 0.2) is 73.3 Å². The first-order valence-corrected chi connectivity index (χ1v) is 10.4. The zero-order valence-corrected chi connectivity index (χ0v) is 16.6. The van der Waals surface area contributed by atoms with E-state index in [1.54, 1.807) is 0 Å². The number of fused-ring (bicyclic) bond motifs is 2. The smallest absolute Gasteiger partial charge is 0.253 e. The van der Waals surface area contributed by atoms with E-state index in [4.69, 9.17) is 0 Å². The molecule has 1 aliphatic rings. The van der Waals surface area contributed by atoms with E-state index in [9.17, 15) is 9.59 Å². The second-order valence-corrected chi connectivity index (χ2v) is 7.97. The van der Waals surface area contributed by atoms with Gasteiger partial charge in [-0.2, -0.15) is 0 Å². The van der Waals surface area contributed by atoms with Gasteiger partial charge >= 0.3 is 0 Å². The average Bonchev–Trinajstić information content (AvgIpc) is 3.39. The Bertz CT molecular complexity index is 1060. The molecule has 4 aromatic heterocycles. The van der Waals surface area contributed by atoms with Gasteiger partial charge in [0.15, 0.2) is 0 Å². The fourth-order valence-electron chi connectivity index (χ4n) is 4.34. The molecule has 1 fully saturated rings. The van der Waals surface area contributed by atoms with Gasteiger partial charge in [0.1, 0.15) is 0 Å². The van der Waals surface area contributed by atoms with Crippen molar-refractivity contribution in [2.75, 3.05) is 0 Å². The molecule has 30 heavy (non-hydrogen) atoms. The van der Waals surface area contributed by atoms with Crippen LogP contribution in [0.25, 0.3) is 11.0 Å². The Labute approximate surface area is 174 Å². The van der Waals surface area contributed by atoms with Crippen molar-refractivity contribution in [3.05, 3.63) is 84.4 Å². The van der Waals surface area contributed by atoms with Gasteiger partial charge in [-0.05, 0) is 49.2 Å². The molecule has 0 spiro atoms. The van der Waals surface area contributed by atoms with E-state index in [1.165, 1.54) is 0 Å². The molecule has 2 atom stereocenters. The van der Waals surface area contributed by atoms with Crippen LogP contribution in [0.4, 0.5) is 0 Å². The minimum absolute atomic E-state index is 0.0738. The molecule has 0 aromatic carbocycles. The second-order valence-electron chi connectivity index (χ2n) is 7.97. The molecular weight excluding hydrogens is 376 g/mol. The van der Waals surface area contributed by atoms with Crippen molar-refractivity contribution >= 4 is 22.8 Å².